The van der Waals surface area contributed by atoms with Gasteiger partial charge in [0.15, 0.2) is 6.29 Å². The number of carbonyl (C=O) groups excluding carboxylic acids is 2. The lowest BCUT2D eigenvalue weighted by atomic mass is 10.0. The maximum Gasteiger partial charge on any atom is 0.273 e. The monoisotopic (exact) mass is 494 g/mol. The van der Waals surface area contributed by atoms with Crippen LogP contribution in [0.15, 0.2) is 60.7 Å². The number of aldehydes is 1. The zero-order valence-corrected chi connectivity index (χ0v) is 21.8. The fourth-order valence-corrected chi connectivity index (χ4v) is 2.78. The minimum atomic E-state index is -0.493. The van der Waals surface area contributed by atoms with Gasteiger partial charge >= 0.3 is 0 Å². The van der Waals surface area contributed by atoms with Crippen molar-refractivity contribution in [3.63, 3.8) is 0 Å². The SMILES string of the molecule is CNC.Cc1ccc(NC(=O)/C(N)=C/N(N)C(C)(C)C)cc1/C(N)=C/C(=C\N)c1ccnc(C=O)c1. The number of benzene rings is 1. The zero-order chi connectivity index (χ0) is 27.5. The van der Waals surface area contributed by atoms with Gasteiger partial charge in [-0.1, -0.05) is 6.07 Å². The molecule has 0 aliphatic heterocycles. The van der Waals surface area contributed by atoms with Crippen LogP contribution in [0, 0.1) is 6.92 Å². The number of hydrogen-bond donors (Lipinski definition) is 6. The van der Waals surface area contributed by atoms with E-state index in [-0.39, 0.29) is 11.4 Å². The molecule has 10 heteroatoms. The number of nitrogens with two attached hydrogens (primary N) is 4. The predicted octanol–water partition coefficient (Wildman–Crippen LogP) is 2.05. The molecule has 0 atom stereocenters. The molecule has 0 spiro atoms. The molecule has 1 amide bonds. The summed E-state index contributed by atoms with van der Waals surface area (Å²) in [6.45, 7) is 7.58. The fourth-order valence-electron chi connectivity index (χ4n) is 2.78. The molecule has 0 fully saturated rings. The molecule has 0 aliphatic carbocycles. The van der Waals surface area contributed by atoms with E-state index in [4.69, 9.17) is 23.0 Å². The molecule has 2 rings (SSSR count). The molecule has 0 saturated heterocycles. The first kappa shape index (κ1) is 29.9. The summed E-state index contributed by atoms with van der Waals surface area (Å²) in [6, 6.07) is 8.67. The molecule has 0 unspecified atom stereocenters. The highest BCUT2D eigenvalue weighted by molar-refractivity contribution is 6.03. The van der Waals surface area contributed by atoms with Crippen LogP contribution in [0.4, 0.5) is 5.69 Å². The second kappa shape index (κ2) is 13.7. The van der Waals surface area contributed by atoms with E-state index in [2.05, 4.69) is 15.6 Å². The van der Waals surface area contributed by atoms with Crippen LogP contribution in [0.5, 0.6) is 0 Å². The van der Waals surface area contributed by atoms with Crippen LogP contribution in [0.1, 0.15) is 48.0 Å². The van der Waals surface area contributed by atoms with Gasteiger partial charge < -0.3 is 32.8 Å². The van der Waals surface area contributed by atoms with Gasteiger partial charge in [-0.2, -0.15) is 0 Å². The third kappa shape index (κ3) is 8.90. The fraction of sp³-hybridized carbons (Fsp3) is 0.269. The Kier molecular flexibility index (Phi) is 11.3. The molecule has 194 valence electrons. The number of anilines is 1. The number of rotatable bonds is 7. The lowest BCUT2D eigenvalue weighted by Crippen LogP contribution is -2.43. The topological polar surface area (TPSA) is 178 Å². The average molecular weight is 495 g/mol. The summed E-state index contributed by atoms with van der Waals surface area (Å²) >= 11 is 0. The van der Waals surface area contributed by atoms with Crippen LogP contribution < -0.4 is 33.7 Å². The first-order chi connectivity index (χ1) is 16.9. The Morgan fingerprint density at radius 2 is 1.75 bits per heavy atom. The van der Waals surface area contributed by atoms with E-state index in [1.807, 2.05) is 47.9 Å². The molecule has 2 aromatic rings. The smallest absolute Gasteiger partial charge is 0.273 e. The summed E-state index contributed by atoms with van der Waals surface area (Å²) < 4.78 is 0. The largest absolute Gasteiger partial charge is 0.404 e. The van der Waals surface area contributed by atoms with E-state index in [0.29, 0.717) is 34.4 Å². The van der Waals surface area contributed by atoms with Crippen LogP contribution in [0.3, 0.4) is 0 Å². The number of aryl methyl sites for hydroxylation is 1. The van der Waals surface area contributed by atoms with E-state index in [9.17, 15) is 9.59 Å². The summed E-state index contributed by atoms with van der Waals surface area (Å²) in [5, 5.41) is 6.88. The standard InChI is InChI=1S/C24H31N7O2.C2H7N/c1-15-5-6-18(30-23(33)22(27)13-31(28)24(2,3)4)11-20(15)21(26)10-17(12-25)16-7-8-29-19(9-16)14-32;1-3-2/h5-14H,25-28H2,1-4H3,(H,30,33);3H,1-2H3/b17-12+,21-10-,22-13-;. The molecule has 0 saturated carbocycles. The van der Waals surface area contributed by atoms with Crippen LogP contribution in [0.2, 0.25) is 0 Å². The van der Waals surface area contributed by atoms with Crippen molar-refractivity contribution in [2.24, 2.45) is 23.0 Å². The summed E-state index contributed by atoms with van der Waals surface area (Å²) in [6.07, 6.45) is 6.67. The summed E-state index contributed by atoms with van der Waals surface area (Å²) in [4.78, 5) is 27.5. The maximum atomic E-state index is 12.5. The maximum absolute atomic E-state index is 12.5. The first-order valence-electron chi connectivity index (χ1n) is 11.2. The van der Waals surface area contributed by atoms with Crippen LogP contribution in [-0.4, -0.2) is 41.8 Å². The minimum absolute atomic E-state index is 0.0323. The number of nitrogens with zero attached hydrogens (tertiary/aromatic N) is 2. The van der Waals surface area contributed by atoms with Gasteiger partial charge in [0.25, 0.3) is 5.91 Å². The van der Waals surface area contributed by atoms with Crippen molar-refractivity contribution in [3.05, 3.63) is 83.1 Å². The van der Waals surface area contributed by atoms with Crippen molar-refractivity contribution in [1.29, 1.82) is 0 Å². The zero-order valence-electron chi connectivity index (χ0n) is 21.8. The first-order valence-corrected chi connectivity index (χ1v) is 11.2. The lowest BCUT2D eigenvalue weighted by molar-refractivity contribution is -0.113. The summed E-state index contributed by atoms with van der Waals surface area (Å²) in [5.74, 6) is 5.43. The molecule has 10 nitrogen and oxygen atoms in total. The molecule has 1 aromatic heterocycles. The third-order valence-electron chi connectivity index (χ3n) is 4.85. The highest BCUT2D eigenvalue weighted by atomic mass is 16.2. The Morgan fingerprint density at radius 1 is 1.11 bits per heavy atom. The van der Waals surface area contributed by atoms with Gasteiger partial charge in [-0.25, -0.2) is 5.84 Å². The molecule has 0 aliphatic rings. The van der Waals surface area contributed by atoms with Crippen LogP contribution in [-0.2, 0) is 4.79 Å². The van der Waals surface area contributed by atoms with E-state index in [1.165, 1.54) is 23.6 Å². The van der Waals surface area contributed by atoms with Crippen molar-refractivity contribution < 1.29 is 9.59 Å². The number of amides is 1. The number of hydrazine groups is 1. The van der Waals surface area contributed by atoms with Gasteiger partial charge in [-0.05, 0) is 88.8 Å². The second-order valence-corrected chi connectivity index (χ2v) is 8.96. The Morgan fingerprint density at radius 3 is 2.31 bits per heavy atom. The number of allylic oxidation sites excluding steroid dienone is 2. The van der Waals surface area contributed by atoms with Crippen molar-refractivity contribution >= 4 is 29.2 Å². The Balaban J connectivity index is 0.00000205. The highest BCUT2D eigenvalue weighted by Crippen LogP contribution is 2.24. The minimum Gasteiger partial charge on any atom is -0.404 e. The van der Waals surface area contributed by atoms with Crippen LogP contribution in [0.25, 0.3) is 11.3 Å². The van der Waals surface area contributed by atoms with E-state index < -0.39 is 11.4 Å². The number of pyridine rings is 1. The van der Waals surface area contributed by atoms with Gasteiger partial charge in [0.2, 0.25) is 0 Å². The number of nitrogens with one attached hydrogen (secondary N) is 2. The molecular formula is C26H38N8O2. The second-order valence-electron chi connectivity index (χ2n) is 8.96. The van der Waals surface area contributed by atoms with Crippen molar-refractivity contribution in [2.75, 3.05) is 19.4 Å². The van der Waals surface area contributed by atoms with Gasteiger partial charge in [-0.15, -0.1) is 0 Å². The highest BCUT2D eigenvalue weighted by Gasteiger charge is 2.17. The van der Waals surface area contributed by atoms with E-state index >= 15 is 0 Å². The van der Waals surface area contributed by atoms with E-state index in [0.717, 1.165) is 5.56 Å². The molecule has 0 bridgehead atoms. The van der Waals surface area contributed by atoms with Crippen molar-refractivity contribution in [1.82, 2.24) is 15.3 Å². The summed E-state index contributed by atoms with van der Waals surface area (Å²) in [5.41, 5.74) is 21.8. The van der Waals surface area contributed by atoms with Crippen molar-refractivity contribution in [2.45, 2.75) is 33.2 Å². The average Bonchev–Trinajstić information content (AvgIpc) is 2.83. The molecule has 36 heavy (non-hydrogen) atoms. The van der Waals surface area contributed by atoms with E-state index in [1.54, 1.807) is 30.3 Å². The number of aromatic nitrogens is 1. The van der Waals surface area contributed by atoms with Gasteiger partial charge in [0.05, 0.1) is 0 Å². The predicted molar refractivity (Wildman–Crippen MR) is 147 cm³/mol. The quantitative estimate of drug-likeness (QED) is 0.110. The van der Waals surface area contributed by atoms with Gasteiger partial charge in [-0.3, -0.25) is 14.6 Å². The van der Waals surface area contributed by atoms with Gasteiger partial charge in [0.1, 0.15) is 11.4 Å². The Bertz CT molecular complexity index is 1150. The molecular weight excluding hydrogens is 456 g/mol. The van der Waals surface area contributed by atoms with Crippen molar-refractivity contribution in [3.8, 4) is 0 Å². The number of hydrogen-bond acceptors (Lipinski definition) is 9. The molecule has 1 heterocycles. The van der Waals surface area contributed by atoms with Crippen LogP contribution >= 0.6 is 0 Å². The Hall–Kier alpha value is -4.15. The Labute approximate surface area is 213 Å². The molecule has 0 radical (unpaired) electrons. The molecule has 10 N–H and O–H groups in total. The third-order valence-corrected chi connectivity index (χ3v) is 4.85. The lowest BCUT2D eigenvalue weighted by Gasteiger charge is -2.30. The normalized spacial score (nSPS) is 12.4. The summed E-state index contributed by atoms with van der Waals surface area (Å²) in [7, 11) is 3.75. The van der Waals surface area contributed by atoms with Gasteiger partial charge in [0, 0.05) is 41.1 Å². The molecule has 1 aromatic carbocycles. The number of carbonyl (C=O) groups is 2.